The minimum absolute atomic E-state index is 0.0187. The maximum atomic E-state index is 13.1. The van der Waals surface area contributed by atoms with Crippen LogP contribution in [0.3, 0.4) is 0 Å². The number of carbonyl (C=O) groups is 1. The van der Waals surface area contributed by atoms with E-state index in [1.807, 2.05) is 59.9 Å². The molecule has 1 amide bonds. The van der Waals surface area contributed by atoms with Gasteiger partial charge in [-0.15, -0.1) is 0 Å². The van der Waals surface area contributed by atoms with Crippen molar-refractivity contribution in [1.82, 2.24) is 15.3 Å². The maximum absolute atomic E-state index is 13.1. The van der Waals surface area contributed by atoms with Crippen LogP contribution in [0.5, 0.6) is 17.2 Å². The summed E-state index contributed by atoms with van der Waals surface area (Å²) in [5.41, 5.74) is 5.49. The molecular weight excluding hydrogens is 370 g/mol. The fourth-order valence-electron chi connectivity index (χ4n) is 3.82. The number of amides is 1. The average Bonchev–Trinajstić information content (AvgIpc) is 3.20. The van der Waals surface area contributed by atoms with Crippen molar-refractivity contribution in [3.05, 3.63) is 66.0 Å². The molecule has 0 radical (unpaired) electrons. The Kier molecular flexibility index (Phi) is 5.31. The Bertz CT molecular complexity index is 930. The van der Waals surface area contributed by atoms with Gasteiger partial charge in [-0.1, -0.05) is 18.2 Å². The highest BCUT2D eigenvalue weighted by Crippen LogP contribution is 2.35. The molecule has 0 aliphatic carbocycles. The van der Waals surface area contributed by atoms with E-state index in [2.05, 4.69) is 5.43 Å². The zero-order valence-electron chi connectivity index (χ0n) is 16.8. The number of hydrogen-bond donors (Lipinski definition) is 1. The zero-order chi connectivity index (χ0) is 20.4. The fraction of sp³-hybridized carbons (Fsp3) is 0.318. The molecule has 7 heteroatoms. The largest absolute Gasteiger partial charge is 0.497 e. The van der Waals surface area contributed by atoms with Crippen LogP contribution in [0.25, 0.3) is 0 Å². The number of nitrogens with zero attached hydrogens (tertiary/aromatic N) is 2. The Labute approximate surface area is 170 Å². The molecule has 2 atom stereocenters. The summed E-state index contributed by atoms with van der Waals surface area (Å²) in [6.07, 6.45) is 4.42. The summed E-state index contributed by atoms with van der Waals surface area (Å²) in [4.78, 5) is 14.8. The SMILES string of the molecule is COc1cccc(CN2C=CN3NC(c4ccc(OC)c(OC)c4)CC3C2=O)c1. The molecule has 2 aromatic rings. The molecule has 2 aliphatic heterocycles. The zero-order valence-corrected chi connectivity index (χ0v) is 16.8. The van der Waals surface area contributed by atoms with Crippen molar-refractivity contribution < 1.29 is 19.0 Å². The van der Waals surface area contributed by atoms with Crippen LogP contribution in [0.2, 0.25) is 0 Å². The number of hydrogen-bond acceptors (Lipinski definition) is 6. The van der Waals surface area contributed by atoms with Crippen LogP contribution in [-0.4, -0.2) is 43.2 Å². The van der Waals surface area contributed by atoms with Crippen molar-refractivity contribution in [3.63, 3.8) is 0 Å². The molecule has 1 saturated heterocycles. The van der Waals surface area contributed by atoms with Gasteiger partial charge in [0.2, 0.25) is 0 Å². The normalized spacial score (nSPS) is 20.6. The molecule has 0 aromatic heterocycles. The second-order valence-electron chi connectivity index (χ2n) is 7.07. The monoisotopic (exact) mass is 395 g/mol. The smallest absolute Gasteiger partial charge is 0.251 e. The standard InChI is InChI=1S/C22H25N3O4/c1-27-17-6-4-5-15(11-17)14-24-9-10-25-19(22(24)26)13-18(23-25)16-7-8-20(28-2)21(12-16)29-3/h4-12,18-19,23H,13-14H2,1-3H3. The van der Waals surface area contributed by atoms with Gasteiger partial charge >= 0.3 is 0 Å². The summed E-state index contributed by atoms with van der Waals surface area (Å²) >= 11 is 0. The molecule has 4 rings (SSSR count). The van der Waals surface area contributed by atoms with Gasteiger partial charge in [-0.2, -0.15) is 0 Å². The van der Waals surface area contributed by atoms with E-state index in [9.17, 15) is 4.79 Å². The molecule has 7 nitrogen and oxygen atoms in total. The summed E-state index contributed by atoms with van der Waals surface area (Å²) in [7, 11) is 4.88. The van der Waals surface area contributed by atoms with E-state index in [0.29, 0.717) is 24.5 Å². The predicted octanol–water partition coefficient (Wildman–Crippen LogP) is 2.85. The third kappa shape index (κ3) is 3.73. The summed E-state index contributed by atoms with van der Waals surface area (Å²) in [5.74, 6) is 2.23. The number of ether oxygens (including phenoxy) is 3. The number of benzene rings is 2. The first-order valence-corrected chi connectivity index (χ1v) is 9.51. The number of rotatable bonds is 6. The first kappa shape index (κ1) is 19.1. The maximum Gasteiger partial charge on any atom is 0.251 e. The minimum atomic E-state index is -0.247. The molecule has 2 unspecified atom stereocenters. The molecule has 29 heavy (non-hydrogen) atoms. The highest BCUT2D eigenvalue weighted by atomic mass is 16.5. The van der Waals surface area contributed by atoms with Crippen molar-refractivity contribution in [1.29, 1.82) is 0 Å². The van der Waals surface area contributed by atoms with Crippen LogP contribution >= 0.6 is 0 Å². The molecule has 0 saturated carbocycles. The quantitative estimate of drug-likeness (QED) is 0.812. The number of fused-ring (bicyclic) bond motifs is 1. The Hall–Kier alpha value is -3.19. The Morgan fingerprint density at radius 2 is 1.83 bits per heavy atom. The van der Waals surface area contributed by atoms with E-state index >= 15 is 0 Å². The average molecular weight is 395 g/mol. The molecular formula is C22H25N3O4. The Morgan fingerprint density at radius 1 is 1.00 bits per heavy atom. The fourth-order valence-corrected chi connectivity index (χ4v) is 3.82. The van der Waals surface area contributed by atoms with Crippen LogP contribution in [0.4, 0.5) is 0 Å². The van der Waals surface area contributed by atoms with Gasteiger partial charge in [-0.25, -0.2) is 5.43 Å². The molecule has 2 heterocycles. The first-order chi connectivity index (χ1) is 14.1. The van der Waals surface area contributed by atoms with Crippen molar-refractivity contribution in [2.45, 2.75) is 25.0 Å². The van der Waals surface area contributed by atoms with Crippen LogP contribution in [-0.2, 0) is 11.3 Å². The molecule has 1 fully saturated rings. The molecule has 1 N–H and O–H groups in total. The second kappa shape index (κ2) is 8.05. The third-order valence-corrected chi connectivity index (χ3v) is 5.37. The van der Waals surface area contributed by atoms with Crippen molar-refractivity contribution in [3.8, 4) is 17.2 Å². The van der Waals surface area contributed by atoms with Crippen LogP contribution in [0, 0.1) is 0 Å². The van der Waals surface area contributed by atoms with Gasteiger partial charge in [0.1, 0.15) is 11.8 Å². The number of methoxy groups -OCH3 is 3. The molecule has 2 aliphatic rings. The molecule has 2 aromatic carbocycles. The highest BCUT2D eigenvalue weighted by molar-refractivity contribution is 5.84. The van der Waals surface area contributed by atoms with Gasteiger partial charge in [0, 0.05) is 12.4 Å². The van der Waals surface area contributed by atoms with E-state index in [1.165, 1.54) is 0 Å². The van der Waals surface area contributed by atoms with Crippen LogP contribution < -0.4 is 19.6 Å². The van der Waals surface area contributed by atoms with Crippen LogP contribution in [0.1, 0.15) is 23.6 Å². The lowest BCUT2D eigenvalue weighted by atomic mass is 10.00. The Balaban J connectivity index is 1.48. The van der Waals surface area contributed by atoms with Gasteiger partial charge in [-0.05, 0) is 41.8 Å². The lowest BCUT2D eigenvalue weighted by Crippen LogP contribution is -2.47. The lowest BCUT2D eigenvalue weighted by Gasteiger charge is -2.31. The second-order valence-corrected chi connectivity index (χ2v) is 7.07. The number of nitrogens with one attached hydrogen (secondary N) is 1. The van der Waals surface area contributed by atoms with E-state index in [0.717, 1.165) is 16.9 Å². The van der Waals surface area contributed by atoms with Gasteiger partial charge < -0.3 is 24.1 Å². The third-order valence-electron chi connectivity index (χ3n) is 5.37. The van der Waals surface area contributed by atoms with Crippen molar-refractivity contribution in [2.24, 2.45) is 0 Å². The summed E-state index contributed by atoms with van der Waals surface area (Å²) < 4.78 is 16.0. The topological polar surface area (TPSA) is 63.3 Å². The van der Waals surface area contributed by atoms with E-state index in [4.69, 9.17) is 14.2 Å². The summed E-state index contributed by atoms with van der Waals surface area (Å²) in [6.45, 7) is 0.512. The predicted molar refractivity (Wildman–Crippen MR) is 108 cm³/mol. The van der Waals surface area contributed by atoms with Crippen molar-refractivity contribution in [2.75, 3.05) is 21.3 Å². The lowest BCUT2D eigenvalue weighted by molar-refractivity contribution is -0.134. The number of carbonyl (C=O) groups excluding carboxylic acids is 1. The Morgan fingerprint density at radius 3 is 2.59 bits per heavy atom. The van der Waals surface area contributed by atoms with Gasteiger partial charge in [-0.3, -0.25) is 4.79 Å². The van der Waals surface area contributed by atoms with E-state index < -0.39 is 0 Å². The van der Waals surface area contributed by atoms with E-state index in [1.54, 1.807) is 26.2 Å². The van der Waals surface area contributed by atoms with Crippen LogP contribution in [0.15, 0.2) is 54.9 Å². The van der Waals surface area contributed by atoms with Gasteiger partial charge in [0.25, 0.3) is 5.91 Å². The van der Waals surface area contributed by atoms with Gasteiger partial charge in [0.15, 0.2) is 11.5 Å². The highest BCUT2D eigenvalue weighted by Gasteiger charge is 2.40. The molecule has 0 bridgehead atoms. The minimum Gasteiger partial charge on any atom is -0.497 e. The molecule has 0 spiro atoms. The van der Waals surface area contributed by atoms with E-state index in [-0.39, 0.29) is 18.0 Å². The number of hydrazine groups is 1. The first-order valence-electron chi connectivity index (χ1n) is 9.51. The van der Waals surface area contributed by atoms with Crippen molar-refractivity contribution >= 4 is 5.91 Å². The summed E-state index contributed by atoms with van der Waals surface area (Å²) in [5, 5.41) is 1.89. The molecule has 152 valence electrons. The van der Waals surface area contributed by atoms with Gasteiger partial charge in [0.05, 0.1) is 33.9 Å². The summed E-state index contributed by atoms with van der Waals surface area (Å²) in [6, 6.07) is 13.4.